The van der Waals surface area contributed by atoms with E-state index in [4.69, 9.17) is 10.8 Å². The van der Waals surface area contributed by atoms with Gasteiger partial charge in [0.15, 0.2) is 0 Å². The van der Waals surface area contributed by atoms with E-state index in [1.807, 2.05) is 0 Å². The molecule has 1 unspecified atom stereocenters. The van der Waals surface area contributed by atoms with Crippen molar-refractivity contribution in [2.24, 2.45) is 11.7 Å². The number of nitrogens with two attached hydrogens (primary N) is 1. The molecule has 16 heavy (non-hydrogen) atoms. The van der Waals surface area contributed by atoms with Crippen LogP contribution in [0.5, 0.6) is 0 Å². The number of unbranched alkanes of at least 4 members (excludes halogenated alkanes) is 2. The molecule has 0 bridgehead atoms. The average Bonchev–Trinajstić information content (AvgIpc) is 2.24. The number of hydrogen-bond acceptors (Lipinski definition) is 2. The maximum Gasteiger partial charge on any atom is 0.303 e. The lowest BCUT2D eigenvalue weighted by Gasteiger charge is -2.15. The molecule has 0 aromatic heterocycles. The molecule has 0 fully saturated rings. The zero-order chi connectivity index (χ0) is 12.2. The Labute approximate surface area is 99.4 Å². The fourth-order valence-electron chi connectivity index (χ4n) is 2.13. The number of carboxylic acids is 1. The summed E-state index contributed by atoms with van der Waals surface area (Å²) in [5, 5.41) is 8.51. The topological polar surface area (TPSA) is 63.3 Å². The standard InChI is InChI=1S/C13H27NO2/c1-2-7-12(9-6-11-14)8-4-3-5-10-13(15)16/h12H,2-11,14H2,1H3,(H,15,16). The monoisotopic (exact) mass is 229 g/mol. The summed E-state index contributed by atoms with van der Waals surface area (Å²) in [4.78, 5) is 10.3. The Morgan fingerprint density at radius 2 is 1.81 bits per heavy atom. The second-order valence-electron chi connectivity index (χ2n) is 4.58. The highest BCUT2D eigenvalue weighted by Crippen LogP contribution is 2.20. The number of rotatable bonds is 11. The molecule has 0 aromatic carbocycles. The first-order valence-electron chi connectivity index (χ1n) is 6.62. The third kappa shape index (κ3) is 9.97. The van der Waals surface area contributed by atoms with Gasteiger partial charge in [-0.15, -0.1) is 0 Å². The van der Waals surface area contributed by atoms with Gasteiger partial charge in [0.05, 0.1) is 0 Å². The molecule has 0 amide bonds. The summed E-state index contributed by atoms with van der Waals surface area (Å²) in [6.45, 7) is 3.01. The lowest BCUT2D eigenvalue weighted by atomic mass is 9.92. The molecule has 3 N–H and O–H groups in total. The van der Waals surface area contributed by atoms with Crippen molar-refractivity contribution in [3.63, 3.8) is 0 Å². The summed E-state index contributed by atoms with van der Waals surface area (Å²) in [7, 11) is 0. The molecular weight excluding hydrogens is 202 g/mol. The van der Waals surface area contributed by atoms with Crippen molar-refractivity contribution < 1.29 is 9.90 Å². The lowest BCUT2D eigenvalue weighted by molar-refractivity contribution is -0.137. The van der Waals surface area contributed by atoms with Gasteiger partial charge in [-0.25, -0.2) is 0 Å². The Hall–Kier alpha value is -0.570. The highest BCUT2D eigenvalue weighted by Gasteiger charge is 2.07. The van der Waals surface area contributed by atoms with E-state index < -0.39 is 5.97 Å². The third-order valence-electron chi connectivity index (χ3n) is 3.02. The van der Waals surface area contributed by atoms with E-state index in [1.54, 1.807) is 0 Å². The van der Waals surface area contributed by atoms with Crippen LogP contribution in [0.1, 0.15) is 64.7 Å². The molecule has 0 aliphatic carbocycles. The molecule has 1 atom stereocenters. The molecule has 3 heteroatoms. The van der Waals surface area contributed by atoms with Gasteiger partial charge in [-0.1, -0.05) is 39.0 Å². The van der Waals surface area contributed by atoms with Gasteiger partial charge in [0.1, 0.15) is 0 Å². The van der Waals surface area contributed by atoms with Crippen molar-refractivity contribution in [3.05, 3.63) is 0 Å². The van der Waals surface area contributed by atoms with E-state index >= 15 is 0 Å². The van der Waals surface area contributed by atoms with Crippen LogP contribution >= 0.6 is 0 Å². The predicted molar refractivity (Wildman–Crippen MR) is 67.4 cm³/mol. The SMILES string of the molecule is CCCC(CCCN)CCCCCC(=O)O. The van der Waals surface area contributed by atoms with Crippen LogP contribution in [0.15, 0.2) is 0 Å². The molecule has 0 heterocycles. The van der Waals surface area contributed by atoms with Crippen LogP contribution in [-0.4, -0.2) is 17.6 Å². The summed E-state index contributed by atoms with van der Waals surface area (Å²) in [5.41, 5.74) is 5.52. The van der Waals surface area contributed by atoms with Crippen molar-refractivity contribution in [1.82, 2.24) is 0 Å². The van der Waals surface area contributed by atoms with Gasteiger partial charge in [0.25, 0.3) is 0 Å². The van der Waals surface area contributed by atoms with Crippen LogP contribution in [0.4, 0.5) is 0 Å². The summed E-state index contributed by atoms with van der Waals surface area (Å²) in [6.07, 6.45) is 9.50. The van der Waals surface area contributed by atoms with Gasteiger partial charge in [-0.05, 0) is 31.7 Å². The highest BCUT2D eigenvalue weighted by atomic mass is 16.4. The third-order valence-corrected chi connectivity index (χ3v) is 3.02. The summed E-state index contributed by atoms with van der Waals surface area (Å²) in [5.74, 6) is 0.131. The minimum Gasteiger partial charge on any atom is -0.481 e. The number of carbonyl (C=O) groups is 1. The smallest absolute Gasteiger partial charge is 0.303 e. The number of aliphatic carboxylic acids is 1. The molecule has 3 nitrogen and oxygen atoms in total. The maximum absolute atomic E-state index is 10.3. The van der Waals surface area contributed by atoms with Gasteiger partial charge in [0.2, 0.25) is 0 Å². The van der Waals surface area contributed by atoms with Crippen molar-refractivity contribution in [2.75, 3.05) is 6.54 Å². The van der Waals surface area contributed by atoms with E-state index in [2.05, 4.69) is 6.92 Å². The van der Waals surface area contributed by atoms with E-state index in [0.29, 0.717) is 6.42 Å². The molecule has 0 saturated carbocycles. The van der Waals surface area contributed by atoms with Crippen LogP contribution in [0.25, 0.3) is 0 Å². The van der Waals surface area contributed by atoms with Gasteiger partial charge >= 0.3 is 5.97 Å². The first-order valence-corrected chi connectivity index (χ1v) is 6.62. The van der Waals surface area contributed by atoms with E-state index in [1.165, 1.54) is 32.1 Å². The van der Waals surface area contributed by atoms with Gasteiger partial charge in [-0.3, -0.25) is 4.79 Å². The van der Waals surface area contributed by atoms with E-state index in [9.17, 15) is 4.79 Å². The second-order valence-corrected chi connectivity index (χ2v) is 4.58. The molecule has 0 aliphatic rings. The summed E-state index contributed by atoms with van der Waals surface area (Å²) in [6, 6.07) is 0. The second kappa shape index (κ2) is 10.9. The quantitative estimate of drug-likeness (QED) is 0.535. The Morgan fingerprint density at radius 3 is 2.38 bits per heavy atom. The first kappa shape index (κ1) is 15.4. The molecule has 0 aliphatic heterocycles. The van der Waals surface area contributed by atoms with Gasteiger partial charge in [-0.2, -0.15) is 0 Å². The highest BCUT2D eigenvalue weighted by molar-refractivity contribution is 5.66. The molecule has 0 aromatic rings. The van der Waals surface area contributed by atoms with Crippen LogP contribution in [-0.2, 0) is 4.79 Å². The van der Waals surface area contributed by atoms with Crippen LogP contribution in [0.2, 0.25) is 0 Å². The van der Waals surface area contributed by atoms with Crippen molar-refractivity contribution >= 4 is 5.97 Å². The van der Waals surface area contributed by atoms with Gasteiger partial charge < -0.3 is 10.8 Å². The average molecular weight is 229 g/mol. The number of hydrogen-bond donors (Lipinski definition) is 2. The molecule has 0 radical (unpaired) electrons. The Balaban J connectivity index is 3.47. The van der Waals surface area contributed by atoms with E-state index in [-0.39, 0.29) is 0 Å². The Bertz CT molecular complexity index is 171. The predicted octanol–water partition coefficient (Wildman–Crippen LogP) is 3.18. The maximum atomic E-state index is 10.3. The van der Waals surface area contributed by atoms with Crippen molar-refractivity contribution in [2.45, 2.75) is 64.7 Å². The van der Waals surface area contributed by atoms with Crippen LogP contribution < -0.4 is 5.73 Å². The van der Waals surface area contributed by atoms with E-state index in [0.717, 1.165) is 31.7 Å². The Morgan fingerprint density at radius 1 is 1.12 bits per heavy atom. The first-order chi connectivity index (χ1) is 7.70. The molecule has 96 valence electrons. The van der Waals surface area contributed by atoms with Gasteiger partial charge in [0, 0.05) is 6.42 Å². The zero-order valence-corrected chi connectivity index (χ0v) is 10.6. The zero-order valence-electron chi connectivity index (χ0n) is 10.6. The van der Waals surface area contributed by atoms with Crippen LogP contribution in [0, 0.1) is 5.92 Å². The summed E-state index contributed by atoms with van der Waals surface area (Å²) < 4.78 is 0. The molecular formula is C13H27NO2. The van der Waals surface area contributed by atoms with Crippen molar-refractivity contribution in [3.8, 4) is 0 Å². The molecule has 0 spiro atoms. The fourth-order valence-corrected chi connectivity index (χ4v) is 2.13. The number of carboxylic acid groups (broad SMARTS) is 1. The lowest BCUT2D eigenvalue weighted by Crippen LogP contribution is -2.05. The fraction of sp³-hybridized carbons (Fsp3) is 0.923. The van der Waals surface area contributed by atoms with Crippen molar-refractivity contribution in [1.29, 1.82) is 0 Å². The minimum atomic E-state index is -0.673. The van der Waals surface area contributed by atoms with Crippen LogP contribution in [0.3, 0.4) is 0 Å². The largest absolute Gasteiger partial charge is 0.481 e. The summed E-state index contributed by atoms with van der Waals surface area (Å²) >= 11 is 0. The minimum absolute atomic E-state index is 0.321. The normalized spacial score (nSPS) is 12.6. The molecule has 0 rings (SSSR count). The Kier molecular flexibility index (Phi) is 10.5. The molecule has 0 saturated heterocycles.